The number of aromatic nitrogens is 2. The Balaban J connectivity index is 1.67. The van der Waals surface area contributed by atoms with Crippen LogP contribution in [-0.2, 0) is 6.54 Å². The number of nitrogens with one attached hydrogen (secondary N) is 2. The van der Waals surface area contributed by atoms with E-state index < -0.39 is 0 Å². The molecule has 0 radical (unpaired) electrons. The summed E-state index contributed by atoms with van der Waals surface area (Å²) in [4.78, 5) is 8.70. The van der Waals surface area contributed by atoms with Gasteiger partial charge in [-0.25, -0.2) is 4.98 Å². The normalized spacial score (nSPS) is 10.3. The molecule has 1 heterocycles. The van der Waals surface area contributed by atoms with E-state index in [1.54, 1.807) is 6.20 Å². The maximum Gasteiger partial charge on any atom is 0.229 e. The van der Waals surface area contributed by atoms with Gasteiger partial charge in [0.2, 0.25) is 5.95 Å². The lowest BCUT2D eigenvalue weighted by Crippen LogP contribution is -2.05. The highest BCUT2D eigenvalue weighted by molar-refractivity contribution is 6.30. The van der Waals surface area contributed by atoms with Crippen molar-refractivity contribution in [3.05, 3.63) is 76.9 Å². The van der Waals surface area contributed by atoms with Crippen LogP contribution in [0.25, 0.3) is 0 Å². The molecule has 0 bridgehead atoms. The van der Waals surface area contributed by atoms with Gasteiger partial charge in [0.05, 0.1) is 0 Å². The fraction of sp³-hybridized carbons (Fsp3) is 0.111. The van der Waals surface area contributed by atoms with Crippen LogP contribution in [0, 0.1) is 6.92 Å². The lowest BCUT2D eigenvalue weighted by atomic mass is 10.1. The molecule has 0 aliphatic heterocycles. The Morgan fingerprint density at radius 3 is 2.57 bits per heavy atom. The predicted octanol–water partition coefficient (Wildman–Crippen LogP) is 4.79. The molecule has 4 nitrogen and oxygen atoms in total. The fourth-order valence-electron chi connectivity index (χ4n) is 2.17. The van der Waals surface area contributed by atoms with Crippen molar-refractivity contribution in [1.82, 2.24) is 9.97 Å². The van der Waals surface area contributed by atoms with Crippen LogP contribution in [-0.4, -0.2) is 9.97 Å². The van der Waals surface area contributed by atoms with E-state index in [-0.39, 0.29) is 0 Å². The summed E-state index contributed by atoms with van der Waals surface area (Å²) < 4.78 is 0. The quantitative estimate of drug-likeness (QED) is 0.708. The van der Waals surface area contributed by atoms with Gasteiger partial charge in [0.15, 0.2) is 0 Å². The molecule has 1 aromatic heterocycles. The third-order valence-electron chi connectivity index (χ3n) is 3.48. The molecule has 0 fully saturated rings. The maximum absolute atomic E-state index is 5.88. The SMILES string of the molecule is Cc1ccccc1CNc1ccnc(Nc2ccc(Cl)cc2)n1. The Morgan fingerprint density at radius 1 is 1.00 bits per heavy atom. The molecule has 0 saturated heterocycles. The van der Waals surface area contributed by atoms with Crippen molar-refractivity contribution in [1.29, 1.82) is 0 Å². The molecular weight excluding hydrogens is 308 g/mol. The van der Waals surface area contributed by atoms with Gasteiger partial charge in [-0.05, 0) is 48.4 Å². The van der Waals surface area contributed by atoms with Gasteiger partial charge in [0, 0.05) is 23.5 Å². The van der Waals surface area contributed by atoms with Crippen molar-refractivity contribution in [2.24, 2.45) is 0 Å². The number of hydrogen-bond acceptors (Lipinski definition) is 4. The van der Waals surface area contributed by atoms with Crippen LogP contribution >= 0.6 is 11.6 Å². The zero-order valence-corrected chi connectivity index (χ0v) is 13.5. The lowest BCUT2D eigenvalue weighted by Gasteiger charge is -2.10. The summed E-state index contributed by atoms with van der Waals surface area (Å²) >= 11 is 5.88. The van der Waals surface area contributed by atoms with Gasteiger partial charge in [0.25, 0.3) is 0 Å². The van der Waals surface area contributed by atoms with E-state index in [2.05, 4.69) is 39.7 Å². The first kappa shape index (κ1) is 15.3. The second-order valence-corrected chi connectivity index (χ2v) is 5.61. The highest BCUT2D eigenvalue weighted by Crippen LogP contribution is 2.17. The molecule has 0 amide bonds. The van der Waals surface area contributed by atoms with Gasteiger partial charge in [-0.2, -0.15) is 4.98 Å². The van der Waals surface area contributed by atoms with Crippen molar-refractivity contribution >= 4 is 29.1 Å². The Kier molecular flexibility index (Phi) is 4.74. The van der Waals surface area contributed by atoms with Crippen LogP contribution in [0.3, 0.4) is 0 Å². The van der Waals surface area contributed by atoms with Gasteiger partial charge in [0.1, 0.15) is 5.82 Å². The van der Waals surface area contributed by atoms with Gasteiger partial charge >= 0.3 is 0 Å². The number of rotatable bonds is 5. The topological polar surface area (TPSA) is 49.8 Å². The van der Waals surface area contributed by atoms with E-state index in [9.17, 15) is 0 Å². The van der Waals surface area contributed by atoms with Crippen LogP contribution in [0.1, 0.15) is 11.1 Å². The molecule has 23 heavy (non-hydrogen) atoms. The molecule has 0 saturated carbocycles. The second kappa shape index (κ2) is 7.11. The minimum Gasteiger partial charge on any atom is -0.366 e. The first-order valence-electron chi connectivity index (χ1n) is 7.35. The number of aryl methyl sites for hydroxylation is 1. The molecule has 116 valence electrons. The Morgan fingerprint density at radius 2 is 1.78 bits per heavy atom. The third kappa shape index (κ3) is 4.20. The van der Waals surface area contributed by atoms with E-state index in [1.165, 1.54) is 11.1 Å². The molecule has 2 N–H and O–H groups in total. The smallest absolute Gasteiger partial charge is 0.229 e. The average Bonchev–Trinajstić information content (AvgIpc) is 2.57. The maximum atomic E-state index is 5.88. The standard InChI is InChI=1S/C18H17ClN4/c1-13-4-2-3-5-14(13)12-21-17-10-11-20-18(23-17)22-16-8-6-15(19)7-9-16/h2-11H,12H2,1H3,(H2,20,21,22,23). The zero-order chi connectivity index (χ0) is 16.1. The van der Waals surface area contributed by atoms with Crippen molar-refractivity contribution in [2.75, 3.05) is 10.6 Å². The van der Waals surface area contributed by atoms with Crippen molar-refractivity contribution in [2.45, 2.75) is 13.5 Å². The summed E-state index contributed by atoms with van der Waals surface area (Å²) in [6, 6.07) is 17.6. The molecule has 5 heteroatoms. The van der Waals surface area contributed by atoms with Crippen LogP contribution in [0.4, 0.5) is 17.5 Å². The molecule has 2 aromatic carbocycles. The fourth-order valence-corrected chi connectivity index (χ4v) is 2.30. The Labute approximate surface area is 140 Å². The molecular formula is C18H17ClN4. The summed E-state index contributed by atoms with van der Waals surface area (Å²) in [5.74, 6) is 1.32. The average molecular weight is 325 g/mol. The van der Waals surface area contributed by atoms with Gasteiger partial charge < -0.3 is 10.6 Å². The van der Waals surface area contributed by atoms with Crippen LogP contribution in [0.15, 0.2) is 60.8 Å². The van der Waals surface area contributed by atoms with E-state index in [0.717, 1.165) is 18.1 Å². The van der Waals surface area contributed by atoms with E-state index in [1.807, 2.05) is 42.5 Å². The minimum atomic E-state index is 0.544. The monoisotopic (exact) mass is 324 g/mol. The molecule has 3 rings (SSSR count). The first-order valence-corrected chi connectivity index (χ1v) is 7.72. The van der Waals surface area contributed by atoms with Gasteiger partial charge in [-0.15, -0.1) is 0 Å². The molecule has 0 unspecified atom stereocenters. The molecule has 0 aliphatic carbocycles. The summed E-state index contributed by atoms with van der Waals surface area (Å²) in [5.41, 5.74) is 3.40. The molecule has 0 aliphatic rings. The summed E-state index contributed by atoms with van der Waals surface area (Å²) in [6.45, 7) is 2.83. The van der Waals surface area contributed by atoms with Crippen molar-refractivity contribution in [3.8, 4) is 0 Å². The number of anilines is 3. The zero-order valence-electron chi connectivity index (χ0n) is 12.8. The summed E-state index contributed by atoms with van der Waals surface area (Å²) in [6.07, 6.45) is 1.73. The Bertz CT molecular complexity index is 787. The predicted molar refractivity (Wildman–Crippen MR) is 95.3 cm³/mol. The highest BCUT2D eigenvalue weighted by Gasteiger charge is 2.02. The largest absolute Gasteiger partial charge is 0.366 e. The van der Waals surface area contributed by atoms with Crippen molar-refractivity contribution in [3.63, 3.8) is 0 Å². The summed E-state index contributed by atoms with van der Waals surface area (Å²) in [7, 11) is 0. The van der Waals surface area contributed by atoms with Crippen LogP contribution in [0.5, 0.6) is 0 Å². The lowest BCUT2D eigenvalue weighted by molar-refractivity contribution is 1.07. The molecule has 0 spiro atoms. The van der Waals surface area contributed by atoms with Gasteiger partial charge in [-0.3, -0.25) is 0 Å². The number of hydrogen-bond donors (Lipinski definition) is 2. The van der Waals surface area contributed by atoms with E-state index in [0.29, 0.717) is 11.0 Å². The van der Waals surface area contributed by atoms with E-state index >= 15 is 0 Å². The summed E-state index contributed by atoms with van der Waals surface area (Å²) in [5, 5.41) is 7.18. The van der Waals surface area contributed by atoms with Crippen LogP contribution in [0.2, 0.25) is 5.02 Å². The van der Waals surface area contributed by atoms with E-state index in [4.69, 9.17) is 11.6 Å². The van der Waals surface area contributed by atoms with Crippen LogP contribution < -0.4 is 10.6 Å². The number of halogens is 1. The first-order chi connectivity index (χ1) is 11.2. The van der Waals surface area contributed by atoms with Crippen molar-refractivity contribution < 1.29 is 0 Å². The minimum absolute atomic E-state index is 0.544. The third-order valence-corrected chi connectivity index (χ3v) is 3.73. The highest BCUT2D eigenvalue weighted by atomic mass is 35.5. The second-order valence-electron chi connectivity index (χ2n) is 5.18. The van der Waals surface area contributed by atoms with Gasteiger partial charge in [-0.1, -0.05) is 35.9 Å². The number of nitrogens with zero attached hydrogens (tertiary/aromatic N) is 2. The number of benzene rings is 2. The molecule has 0 atom stereocenters. The molecule has 3 aromatic rings. The Hall–Kier alpha value is -2.59.